The van der Waals surface area contributed by atoms with Crippen LogP contribution in [-0.2, 0) is 4.79 Å². The molecule has 6 heteroatoms. The molecule has 2 rings (SSSR count). The van der Waals surface area contributed by atoms with E-state index in [1.54, 1.807) is 18.2 Å². The molecule has 0 bridgehead atoms. The summed E-state index contributed by atoms with van der Waals surface area (Å²) >= 11 is 0. The summed E-state index contributed by atoms with van der Waals surface area (Å²) in [7, 11) is 0. The molecule has 1 heterocycles. The average molecular weight is 279 g/mol. The first kappa shape index (κ1) is 14.2. The molecule has 0 spiro atoms. The highest BCUT2D eigenvalue weighted by Crippen LogP contribution is 2.32. The van der Waals surface area contributed by atoms with Gasteiger partial charge in [0.2, 0.25) is 6.79 Å². The number of carboxylic acid groups (broad SMARTS) is 1. The third kappa shape index (κ3) is 3.20. The number of carbonyl (C=O) groups excluding carboxylic acids is 1. The van der Waals surface area contributed by atoms with Crippen molar-refractivity contribution in [3.8, 4) is 11.5 Å². The van der Waals surface area contributed by atoms with Crippen molar-refractivity contribution >= 4 is 11.9 Å². The average Bonchev–Trinajstić information content (AvgIpc) is 2.83. The SMILES string of the molecule is CC(C)CN(CC(=O)O)C(=O)c1ccc2c(c1)OCO2. The molecule has 0 aliphatic carbocycles. The third-order valence-corrected chi connectivity index (χ3v) is 2.82. The zero-order chi connectivity index (χ0) is 14.7. The van der Waals surface area contributed by atoms with Gasteiger partial charge in [0.15, 0.2) is 11.5 Å². The van der Waals surface area contributed by atoms with Crippen molar-refractivity contribution in [1.29, 1.82) is 0 Å². The number of hydrogen-bond donors (Lipinski definition) is 1. The van der Waals surface area contributed by atoms with Gasteiger partial charge in [-0.2, -0.15) is 0 Å². The fourth-order valence-corrected chi connectivity index (χ4v) is 2.04. The smallest absolute Gasteiger partial charge is 0.323 e. The molecule has 0 atom stereocenters. The molecule has 6 nitrogen and oxygen atoms in total. The molecule has 1 N–H and O–H groups in total. The molecule has 0 saturated carbocycles. The highest BCUT2D eigenvalue weighted by molar-refractivity contribution is 5.96. The maximum atomic E-state index is 12.4. The molecule has 1 aliphatic heterocycles. The predicted octanol–water partition coefficient (Wildman–Crippen LogP) is 1.60. The number of nitrogens with zero attached hydrogens (tertiary/aromatic N) is 1. The number of aliphatic carboxylic acids is 1. The Morgan fingerprint density at radius 1 is 1.30 bits per heavy atom. The Bertz CT molecular complexity index is 526. The molecule has 0 unspecified atom stereocenters. The lowest BCUT2D eigenvalue weighted by Gasteiger charge is -2.22. The van der Waals surface area contributed by atoms with Crippen molar-refractivity contribution in [2.75, 3.05) is 19.9 Å². The van der Waals surface area contributed by atoms with E-state index in [0.717, 1.165) is 0 Å². The first-order valence-electron chi connectivity index (χ1n) is 6.38. The molecule has 1 aromatic carbocycles. The van der Waals surface area contributed by atoms with Gasteiger partial charge in [-0.1, -0.05) is 13.8 Å². The van der Waals surface area contributed by atoms with Crippen LogP contribution in [-0.4, -0.2) is 41.8 Å². The van der Waals surface area contributed by atoms with E-state index in [0.29, 0.717) is 23.6 Å². The Kier molecular flexibility index (Phi) is 4.12. The highest BCUT2D eigenvalue weighted by Gasteiger charge is 2.22. The highest BCUT2D eigenvalue weighted by atomic mass is 16.7. The number of carboxylic acids is 1. The Labute approximate surface area is 116 Å². The number of hydrogen-bond acceptors (Lipinski definition) is 4. The van der Waals surface area contributed by atoms with E-state index in [4.69, 9.17) is 14.6 Å². The first-order valence-corrected chi connectivity index (χ1v) is 6.38. The monoisotopic (exact) mass is 279 g/mol. The second-order valence-corrected chi connectivity index (χ2v) is 5.04. The van der Waals surface area contributed by atoms with E-state index < -0.39 is 5.97 Å². The molecule has 0 fully saturated rings. The Morgan fingerprint density at radius 2 is 2.00 bits per heavy atom. The minimum Gasteiger partial charge on any atom is -0.480 e. The van der Waals surface area contributed by atoms with Gasteiger partial charge in [0.05, 0.1) is 0 Å². The van der Waals surface area contributed by atoms with Gasteiger partial charge in [0.1, 0.15) is 6.54 Å². The predicted molar refractivity (Wildman–Crippen MR) is 70.9 cm³/mol. The van der Waals surface area contributed by atoms with E-state index in [1.165, 1.54) is 4.90 Å². The molecular formula is C14H17NO5. The van der Waals surface area contributed by atoms with Gasteiger partial charge in [0, 0.05) is 12.1 Å². The largest absolute Gasteiger partial charge is 0.480 e. The normalized spacial score (nSPS) is 12.6. The second kappa shape index (κ2) is 5.81. The molecule has 1 aliphatic rings. The summed E-state index contributed by atoms with van der Waals surface area (Å²) in [6.45, 7) is 4.08. The molecule has 20 heavy (non-hydrogen) atoms. The lowest BCUT2D eigenvalue weighted by molar-refractivity contribution is -0.137. The van der Waals surface area contributed by atoms with Gasteiger partial charge in [-0.3, -0.25) is 9.59 Å². The van der Waals surface area contributed by atoms with Crippen molar-refractivity contribution in [1.82, 2.24) is 4.90 Å². The summed E-state index contributed by atoms with van der Waals surface area (Å²) in [5.74, 6) is -0.0580. The van der Waals surface area contributed by atoms with Crippen molar-refractivity contribution < 1.29 is 24.2 Å². The molecule has 0 saturated heterocycles. The van der Waals surface area contributed by atoms with Gasteiger partial charge >= 0.3 is 5.97 Å². The van der Waals surface area contributed by atoms with Crippen LogP contribution >= 0.6 is 0 Å². The van der Waals surface area contributed by atoms with Crippen molar-refractivity contribution in [3.63, 3.8) is 0 Å². The minimum absolute atomic E-state index is 0.137. The van der Waals surface area contributed by atoms with Crippen molar-refractivity contribution in [2.45, 2.75) is 13.8 Å². The summed E-state index contributed by atoms with van der Waals surface area (Å²) in [5.41, 5.74) is 0.399. The number of rotatable bonds is 5. The van der Waals surface area contributed by atoms with E-state index in [2.05, 4.69) is 0 Å². The molecule has 0 aromatic heterocycles. The Morgan fingerprint density at radius 3 is 2.65 bits per heavy atom. The van der Waals surface area contributed by atoms with Crippen LogP contribution in [0.25, 0.3) is 0 Å². The fourth-order valence-electron chi connectivity index (χ4n) is 2.04. The zero-order valence-electron chi connectivity index (χ0n) is 11.5. The topological polar surface area (TPSA) is 76.1 Å². The van der Waals surface area contributed by atoms with Crippen LogP contribution in [0.5, 0.6) is 11.5 Å². The van der Waals surface area contributed by atoms with Crippen LogP contribution < -0.4 is 9.47 Å². The summed E-state index contributed by atoms with van der Waals surface area (Å²) < 4.78 is 10.4. The van der Waals surface area contributed by atoms with Crippen LogP contribution in [0.1, 0.15) is 24.2 Å². The Balaban J connectivity index is 2.20. The first-order chi connectivity index (χ1) is 9.47. The van der Waals surface area contributed by atoms with Gasteiger partial charge in [-0.15, -0.1) is 0 Å². The fraction of sp³-hybridized carbons (Fsp3) is 0.429. The zero-order valence-corrected chi connectivity index (χ0v) is 11.5. The number of benzene rings is 1. The van der Waals surface area contributed by atoms with Crippen LogP contribution in [0, 0.1) is 5.92 Å². The summed E-state index contributed by atoms with van der Waals surface area (Å²) in [4.78, 5) is 24.6. The molecular weight excluding hydrogens is 262 g/mol. The van der Waals surface area contributed by atoms with E-state index >= 15 is 0 Å². The van der Waals surface area contributed by atoms with Crippen LogP contribution in [0.3, 0.4) is 0 Å². The molecule has 0 radical (unpaired) electrons. The van der Waals surface area contributed by atoms with Gasteiger partial charge in [0.25, 0.3) is 5.91 Å². The number of ether oxygens (including phenoxy) is 2. The number of amides is 1. The summed E-state index contributed by atoms with van der Waals surface area (Å²) in [6, 6.07) is 4.86. The molecule has 1 aromatic rings. The van der Waals surface area contributed by atoms with Gasteiger partial charge in [-0.05, 0) is 24.1 Å². The molecule has 108 valence electrons. The summed E-state index contributed by atoms with van der Waals surface area (Å²) in [6.07, 6.45) is 0. The lowest BCUT2D eigenvalue weighted by Crippen LogP contribution is -2.38. The van der Waals surface area contributed by atoms with Crippen LogP contribution in [0.2, 0.25) is 0 Å². The third-order valence-electron chi connectivity index (χ3n) is 2.82. The van der Waals surface area contributed by atoms with Gasteiger partial charge < -0.3 is 19.5 Å². The quantitative estimate of drug-likeness (QED) is 0.886. The minimum atomic E-state index is -1.03. The second-order valence-electron chi connectivity index (χ2n) is 5.04. The van der Waals surface area contributed by atoms with E-state index in [-0.39, 0.29) is 25.2 Å². The number of fused-ring (bicyclic) bond motifs is 1. The standard InChI is InChI=1S/C14H17NO5/c1-9(2)6-15(7-13(16)17)14(18)10-3-4-11-12(5-10)20-8-19-11/h3-5,9H,6-8H2,1-2H3,(H,16,17). The van der Waals surface area contributed by atoms with E-state index in [1.807, 2.05) is 13.8 Å². The maximum Gasteiger partial charge on any atom is 0.323 e. The maximum absolute atomic E-state index is 12.4. The van der Waals surface area contributed by atoms with Crippen molar-refractivity contribution in [3.05, 3.63) is 23.8 Å². The van der Waals surface area contributed by atoms with Gasteiger partial charge in [-0.25, -0.2) is 0 Å². The number of carbonyl (C=O) groups is 2. The lowest BCUT2D eigenvalue weighted by atomic mass is 10.1. The molecule has 1 amide bonds. The van der Waals surface area contributed by atoms with Crippen molar-refractivity contribution in [2.24, 2.45) is 5.92 Å². The Hall–Kier alpha value is -2.24. The van der Waals surface area contributed by atoms with Crippen LogP contribution in [0.15, 0.2) is 18.2 Å². The van der Waals surface area contributed by atoms with Crippen LogP contribution in [0.4, 0.5) is 0 Å². The summed E-state index contributed by atoms with van der Waals surface area (Å²) in [5, 5.41) is 8.91. The van der Waals surface area contributed by atoms with E-state index in [9.17, 15) is 9.59 Å².